The van der Waals surface area contributed by atoms with E-state index in [1.807, 2.05) is 0 Å². The summed E-state index contributed by atoms with van der Waals surface area (Å²) >= 11 is 0. The molecule has 0 atom stereocenters. The molecule has 0 radical (unpaired) electrons. The van der Waals surface area contributed by atoms with Gasteiger partial charge in [0.05, 0.1) is 6.54 Å². The van der Waals surface area contributed by atoms with Crippen LogP contribution in [0.4, 0.5) is 0 Å². The summed E-state index contributed by atoms with van der Waals surface area (Å²) in [4.78, 5) is 21.4. The van der Waals surface area contributed by atoms with Crippen molar-refractivity contribution in [3.8, 4) is 0 Å². The van der Waals surface area contributed by atoms with Crippen molar-refractivity contribution in [3.63, 3.8) is 0 Å². The van der Waals surface area contributed by atoms with Gasteiger partial charge in [0.1, 0.15) is 0 Å². The molecule has 138 valence electrons. The number of aliphatic imine (C=N–C) groups is 1. The van der Waals surface area contributed by atoms with Gasteiger partial charge in [-0.2, -0.15) is 0 Å². The molecule has 1 aliphatic carbocycles. The van der Waals surface area contributed by atoms with Crippen molar-refractivity contribution >= 4 is 11.9 Å². The van der Waals surface area contributed by atoms with Crippen LogP contribution in [0.25, 0.3) is 0 Å². The van der Waals surface area contributed by atoms with Crippen LogP contribution in [0, 0.1) is 5.92 Å². The lowest BCUT2D eigenvalue weighted by Crippen LogP contribution is -2.51. The lowest BCUT2D eigenvalue weighted by Gasteiger charge is -2.38. The fraction of sp³-hybridized carbons (Fsp3) is 0.889. The number of nitrogens with zero attached hydrogens (tertiary/aromatic N) is 3. The van der Waals surface area contributed by atoms with Gasteiger partial charge in [-0.25, -0.2) is 0 Å². The molecule has 1 heterocycles. The maximum atomic E-state index is 12.3. The fourth-order valence-electron chi connectivity index (χ4n) is 3.07. The summed E-state index contributed by atoms with van der Waals surface area (Å²) in [6.07, 6.45) is 3.43. The van der Waals surface area contributed by atoms with Gasteiger partial charge in [-0.1, -0.05) is 6.42 Å². The van der Waals surface area contributed by atoms with Crippen molar-refractivity contribution in [1.82, 2.24) is 20.4 Å². The molecule has 0 spiro atoms. The predicted octanol–water partition coefficient (Wildman–Crippen LogP) is 1.28. The van der Waals surface area contributed by atoms with E-state index in [0.29, 0.717) is 11.8 Å². The Labute approximate surface area is 147 Å². The van der Waals surface area contributed by atoms with E-state index in [4.69, 9.17) is 0 Å². The zero-order chi connectivity index (χ0) is 17.6. The summed E-state index contributed by atoms with van der Waals surface area (Å²) in [6.45, 7) is 14.8. The van der Waals surface area contributed by atoms with E-state index in [2.05, 4.69) is 53.1 Å². The van der Waals surface area contributed by atoms with Gasteiger partial charge < -0.3 is 15.5 Å². The van der Waals surface area contributed by atoms with Gasteiger partial charge in [0, 0.05) is 50.7 Å². The summed E-state index contributed by atoms with van der Waals surface area (Å²) in [5.41, 5.74) is 0.00845. The second-order valence-electron chi connectivity index (χ2n) is 7.93. The van der Waals surface area contributed by atoms with Crippen LogP contribution in [0.3, 0.4) is 0 Å². The van der Waals surface area contributed by atoms with Gasteiger partial charge in [-0.15, -0.1) is 0 Å². The minimum absolute atomic E-state index is 0.00845. The number of guanidine groups is 1. The average molecular weight is 338 g/mol. The first-order valence-corrected chi connectivity index (χ1v) is 9.46. The second kappa shape index (κ2) is 8.70. The highest BCUT2D eigenvalue weighted by Crippen LogP contribution is 2.28. The molecule has 2 N–H and O–H groups in total. The Bertz CT molecular complexity index is 431. The van der Waals surface area contributed by atoms with Gasteiger partial charge in [0.2, 0.25) is 5.91 Å². The Hall–Kier alpha value is -1.30. The van der Waals surface area contributed by atoms with Gasteiger partial charge in [-0.05, 0) is 40.5 Å². The molecule has 6 heteroatoms. The highest BCUT2D eigenvalue weighted by atomic mass is 16.2. The van der Waals surface area contributed by atoms with Crippen LogP contribution in [0.15, 0.2) is 4.99 Å². The average Bonchev–Trinajstić information content (AvgIpc) is 2.44. The molecule has 1 saturated heterocycles. The lowest BCUT2D eigenvalue weighted by atomic mass is 9.84. The van der Waals surface area contributed by atoms with Crippen molar-refractivity contribution in [2.24, 2.45) is 10.9 Å². The quantitative estimate of drug-likeness (QED) is 0.586. The molecule has 0 unspecified atom stereocenters. The van der Waals surface area contributed by atoms with E-state index in [0.717, 1.165) is 64.6 Å². The zero-order valence-electron chi connectivity index (χ0n) is 15.9. The number of carbonyl (C=O) groups excluding carboxylic acids is 1. The molecule has 1 amide bonds. The lowest BCUT2D eigenvalue weighted by molar-refractivity contribution is -0.139. The number of rotatable bonds is 5. The van der Waals surface area contributed by atoms with E-state index < -0.39 is 0 Å². The molecule has 2 aliphatic rings. The fourth-order valence-corrected chi connectivity index (χ4v) is 3.07. The first-order chi connectivity index (χ1) is 11.4. The smallest absolute Gasteiger partial charge is 0.225 e. The third-order valence-electron chi connectivity index (χ3n) is 4.66. The molecular weight excluding hydrogens is 302 g/mol. The molecule has 1 aliphatic heterocycles. The molecular formula is C18H35N5O. The van der Waals surface area contributed by atoms with Crippen LogP contribution in [-0.4, -0.2) is 73.0 Å². The minimum Gasteiger partial charge on any atom is -0.357 e. The van der Waals surface area contributed by atoms with Gasteiger partial charge >= 0.3 is 0 Å². The van der Waals surface area contributed by atoms with E-state index in [9.17, 15) is 4.79 Å². The normalized spacial score (nSPS) is 20.7. The number of piperazine rings is 1. The van der Waals surface area contributed by atoms with Crippen molar-refractivity contribution in [2.45, 2.75) is 52.5 Å². The maximum absolute atomic E-state index is 12.3. The topological polar surface area (TPSA) is 60.0 Å². The van der Waals surface area contributed by atoms with Crippen LogP contribution < -0.4 is 10.6 Å². The Morgan fingerprint density at radius 1 is 1.17 bits per heavy atom. The maximum Gasteiger partial charge on any atom is 0.225 e. The third kappa shape index (κ3) is 5.96. The Balaban J connectivity index is 1.70. The monoisotopic (exact) mass is 337 g/mol. The van der Waals surface area contributed by atoms with Crippen molar-refractivity contribution < 1.29 is 4.79 Å². The first kappa shape index (κ1) is 19.0. The number of amides is 1. The molecule has 6 nitrogen and oxygen atoms in total. The summed E-state index contributed by atoms with van der Waals surface area (Å²) in [5.74, 6) is 1.60. The molecule has 0 aromatic carbocycles. The van der Waals surface area contributed by atoms with E-state index in [1.165, 1.54) is 6.42 Å². The molecule has 24 heavy (non-hydrogen) atoms. The molecule has 0 aromatic rings. The standard InChI is InChI=1S/C18H35N5O/c1-5-19-17(21-18(2,3)4)20-9-10-22-11-13-23(14-12-22)16(24)15-7-6-8-15/h15H,5-14H2,1-4H3,(H2,19,20,21). The number of hydrogen-bond donors (Lipinski definition) is 2. The molecule has 0 bridgehead atoms. The van der Waals surface area contributed by atoms with Crippen molar-refractivity contribution in [3.05, 3.63) is 0 Å². The predicted molar refractivity (Wildman–Crippen MR) is 99.2 cm³/mol. The van der Waals surface area contributed by atoms with E-state index in [-0.39, 0.29) is 5.54 Å². The van der Waals surface area contributed by atoms with Crippen LogP contribution in [-0.2, 0) is 4.79 Å². The van der Waals surface area contributed by atoms with Crippen molar-refractivity contribution in [2.75, 3.05) is 45.8 Å². The minimum atomic E-state index is 0.00845. The number of nitrogens with one attached hydrogen (secondary N) is 2. The summed E-state index contributed by atoms with van der Waals surface area (Å²) in [5, 5.41) is 6.70. The molecule has 1 saturated carbocycles. The Morgan fingerprint density at radius 3 is 2.33 bits per heavy atom. The van der Waals surface area contributed by atoms with Crippen LogP contribution in [0.5, 0.6) is 0 Å². The number of carbonyl (C=O) groups is 1. The zero-order valence-corrected chi connectivity index (χ0v) is 15.9. The Kier molecular flexibility index (Phi) is 6.90. The Morgan fingerprint density at radius 2 is 1.83 bits per heavy atom. The summed E-state index contributed by atoms with van der Waals surface area (Å²) in [7, 11) is 0. The van der Waals surface area contributed by atoms with Gasteiger partial charge in [0.25, 0.3) is 0 Å². The van der Waals surface area contributed by atoms with Gasteiger partial charge in [-0.3, -0.25) is 14.7 Å². The summed E-state index contributed by atoms with van der Waals surface area (Å²) in [6, 6.07) is 0. The largest absolute Gasteiger partial charge is 0.357 e. The highest BCUT2D eigenvalue weighted by molar-refractivity contribution is 5.80. The highest BCUT2D eigenvalue weighted by Gasteiger charge is 2.30. The third-order valence-corrected chi connectivity index (χ3v) is 4.66. The van der Waals surface area contributed by atoms with E-state index in [1.54, 1.807) is 0 Å². The van der Waals surface area contributed by atoms with Gasteiger partial charge in [0.15, 0.2) is 5.96 Å². The van der Waals surface area contributed by atoms with E-state index >= 15 is 0 Å². The number of hydrogen-bond acceptors (Lipinski definition) is 3. The van der Waals surface area contributed by atoms with Crippen LogP contribution in [0.1, 0.15) is 47.0 Å². The van der Waals surface area contributed by atoms with Crippen LogP contribution >= 0.6 is 0 Å². The molecule has 2 fully saturated rings. The molecule has 0 aromatic heterocycles. The van der Waals surface area contributed by atoms with Crippen LogP contribution in [0.2, 0.25) is 0 Å². The second-order valence-corrected chi connectivity index (χ2v) is 7.93. The first-order valence-electron chi connectivity index (χ1n) is 9.46. The molecule has 2 rings (SSSR count). The van der Waals surface area contributed by atoms with Crippen molar-refractivity contribution in [1.29, 1.82) is 0 Å². The SMILES string of the molecule is CCNC(=NCCN1CCN(C(=O)C2CCC2)CC1)NC(C)(C)C. The summed E-state index contributed by atoms with van der Waals surface area (Å²) < 4.78 is 0.